The van der Waals surface area contributed by atoms with Crippen molar-refractivity contribution in [3.05, 3.63) is 29.3 Å². The van der Waals surface area contributed by atoms with Crippen LogP contribution in [0.15, 0.2) is 18.2 Å². The number of nitrogen functional groups attached to an aromatic ring is 1. The van der Waals surface area contributed by atoms with Gasteiger partial charge < -0.3 is 16.0 Å². The maximum Gasteiger partial charge on any atom is 0.253 e. The van der Waals surface area contributed by atoms with E-state index in [1.54, 1.807) is 6.07 Å². The standard InChI is InChI=1S/C15H23N3O/c1-12-5-6-13(14(16)11-12)15(19)17-7-4-10-18-8-2-3-9-18/h5-6,11H,2-4,7-10,16H2,1H3,(H,17,19). The van der Waals surface area contributed by atoms with Crippen molar-refractivity contribution < 1.29 is 4.79 Å². The average Bonchev–Trinajstić information content (AvgIpc) is 2.87. The summed E-state index contributed by atoms with van der Waals surface area (Å²) in [4.78, 5) is 14.4. The molecule has 1 amide bonds. The number of hydrogen-bond donors (Lipinski definition) is 2. The van der Waals surface area contributed by atoms with E-state index in [1.807, 2.05) is 19.1 Å². The lowest BCUT2D eigenvalue weighted by atomic mass is 10.1. The molecular formula is C15H23N3O. The number of likely N-dealkylation sites (tertiary alicyclic amines) is 1. The lowest BCUT2D eigenvalue weighted by molar-refractivity contribution is 0.0953. The second-order valence-electron chi connectivity index (χ2n) is 5.25. The highest BCUT2D eigenvalue weighted by Gasteiger charge is 2.11. The highest BCUT2D eigenvalue weighted by atomic mass is 16.1. The molecule has 0 spiro atoms. The van der Waals surface area contributed by atoms with Crippen molar-refractivity contribution in [2.45, 2.75) is 26.2 Å². The fourth-order valence-electron chi connectivity index (χ4n) is 2.49. The Morgan fingerprint density at radius 3 is 2.79 bits per heavy atom. The Morgan fingerprint density at radius 2 is 2.11 bits per heavy atom. The topological polar surface area (TPSA) is 58.4 Å². The Morgan fingerprint density at radius 1 is 1.37 bits per heavy atom. The molecule has 1 aliphatic heterocycles. The Labute approximate surface area is 115 Å². The number of carbonyl (C=O) groups excluding carboxylic acids is 1. The van der Waals surface area contributed by atoms with Crippen molar-refractivity contribution in [1.29, 1.82) is 0 Å². The van der Waals surface area contributed by atoms with Crippen LogP contribution < -0.4 is 11.1 Å². The van der Waals surface area contributed by atoms with Gasteiger partial charge >= 0.3 is 0 Å². The van der Waals surface area contributed by atoms with Gasteiger partial charge in [0.25, 0.3) is 5.91 Å². The second kappa shape index (κ2) is 6.57. The van der Waals surface area contributed by atoms with Crippen LogP contribution in [0.5, 0.6) is 0 Å². The normalized spacial score (nSPS) is 15.6. The monoisotopic (exact) mass is 261 g/mol. The van der Waals surface area contributed by atoms with E-state index in [0.29, 0.717) is 17.8 Å². The molecular weight excluding hydrogens is 238 g/mol. The maximum absolute atomic E-state index is 12.0. The van der Waals surface area contributed by atoms with Gasteiger partial charge in [0.15, 0.2) is 0 Å². The van der Waals surface area contributed by atoms with Crippen LogP contribution in [0.2, 0.25) is 0 Å². The van der Waals surface area contributed by atoms with Gasteiger partial charge in [-0.25, -0.2) is 0 Å². The first-order chi connectivity index (χ1) is 9.16. The van der Waals surface area contributed by atoms with Crippen LogP contribution in [0.3, 0.4) is 0 Å². The minimum atomic E-state index is -0.0704. The van der Waals surface area contributed by atoms with E-state index in [1.165, 1.54) is 25.9 Å². The lowest BCUT2D eigenvalue weighted by Gasteiger charge is -2.14. The van der Waals surface area contributed by atoms with Gasteiger partial charge in [0.05, 0.1) is 5.56 Å². The SMILES string of the molecule is Cc1ccc(C(=O)NCCCN2CCCC2)c(N)c1. The van der Waals surface area contributed by atoms with Crippen molar-refractivity contribution in [2.75, 3.05) is 31.9 Å². The van der Waals surface area contributed by atoms with Crippen molar-refractivity contribution in [2.24, 2.45) is 0 Å². The summed E-state index contributed by atoms with van der Waals surface area (Å²) in [5.41, 5.74) is 8.06. The van der Waals surface area contributed by atoms with Crippen LogP contribution >= 0.6 is 0 Å². The quantitative estimate of drug-likeness (QED) is 0.627. The fraction of sp³-hybridized carbons (Fsp3) is 0.533. The zero-order valence-electron chi connectivity index (χ0n) is 11.6. The highest BCUT2D eigenvalue weighted by Crippen LogP contribution is 2.13. The number of nitrogens with one attached hydrogen (secondary N) is 1. The number of aryl methyl sites for hydroxylation is 1. The largest absolute Gasteiger partial charge is 0.398 e. The number of nitrogens with zero attached hydrogens (tertiary/aromatic N) is 1. The van der Waals surface area contributed by atoms with Crippen LogP contribution in [0, 0.1) is 6.92 Å². The summed E-state index contributed by atoms with van der Waals surface area (Å²) >= 11 is 0. The Kier molecular flexibility index (Phi) is 4.80. The molecule has 4 heteroatoms. The first kappa shape index (κ1) is 13.9. The molecule has 3 N–H and O–H groups in total. The Balaban J connectivity index is 1.74. The van der Waals surface area contributed by atoms with Crippen LogP contribution in [0.25, 0.3) is 0 Å². The summed E-state index contributed by atoms with van der Waals surface area (Å²) in [6.07, 6.45) is 3.62. The summed E-state index contributed by atoms with van der Waals surface area (Å²) in [5, 5.41) is 2.94. The molecule has 1 fully saturated rings. The van der Waals surface area contributed by atoms with Crippen LogP contribution in [-0.2, 0) is 0 Å². The number of benzene rings is 1. The molecule has 1 saturated heterocycles. The zero-order chi connectivity index (χ0) is 13.7. The van der Waals surface area contributed by atoms with E-state index in [2.05, 4.69) is 10.2 Å². The van der Waals surface area contributed by atoms with E-state index in [9.17, 15) is 4.79 Å². The first-order valence-electron chi connectivity index (χ1n) is 7.03. The molecule has 1 aliphatic rings. The molecule has 4 nitrogen and oxygen atoms in total. The van der Waals surface area contributed by atoms with Crippen LogP contribution in [0.1, 0.15) is 35.2 Å². The average molecular weight is 261 g/mol. The van der Waals surface area contributed by atoms with Crippen LogP contribution in [-0.4, -0.2) is 37.0 Å². The van der Waals surface area contributed by atoms with Gasteiger partial charge in [-0.15, -0.1) is 0 Å². The number of hydrogen-bond acceptors (Lipinski definition) is 3. The van der Waals surface area contributed by atoms with Crippen LogP contribution in [0.4, 0.5) is 5.69 Å². The van der Waals surface area contributed by atoms with Gasteiger partial charge in [-0.1, -0.05) is 6.07 Å². The Hall–Kier alpha value is -1.55. The summed E-state index contributed by atoms with van der Waals surface area (Å²) < 4.78 is 0. The number of nitrogens with two attached hydrogens (primary N) is 1. The predicted octanol–water partition coefficient (Wildman–Crippen LogP) is 1.79. The van der Waals surface area contributed by atoms with Gasteiger partial charge in [-0.05, 0) is 63.5 Å². The predicted molar refractivity (Wildman–Crippen MR) is 78.2 cm³/mol. The molecule has 19 heavy (non-hydrogen) atoms. The van der Waals surface area contributed by atoms with E-state index in [0.717, 1.165) is 18.5 Å². The summed E-state index contributed by atoms with van der Waals surface area (Å²) in [6, 6.07) is 5.54. The molecule has 0 bridgehead atoms. The van der Waals surface area contributed by atoms with Gasteiger partial charge in [0.1, 0.15) is 0 Å². The van der Waals surface area contributed by atoms with E-state index in [-0.39, 0.29) is 5.91 Å². The number of rotatable bonds is 5. The molecule has 104 valence electrons. The van der Waals surface area contributed by atoms with Gasteiger partial charge in [0, 0.05) is 12.2 Å². The Bertz CT molecular complexity index is 439. The maximum atomic E-state index is 12.0. The third kappa shape index (κ3) is 3.96. The lowest BCUT2D eigenvalue weighted by Crippen LogP contribution is -2.29. The smallest absolute Gasteiger partial charge is 0.253 e. The van der Waals surface area contributed by atoms with E-state index in [4.69, 9.17) is 5.73 Å². The van der Waals surface area contributed by atoms with Crippen molar-refractivity contribution in [1.82, 2.24) is 10.2 Å². The summed E-state index contributed by atoms with van der Waals surface area (Å²) in [7, 11) is 0. The zero-order valence-corrected chi connectivity index (χ0v) is 11.6. The molecule has 0 radical (unpaired) electrons. The highest BCUT2D eigenvalue weighted by molar-refractivity contribution is 5.99. The molecule has 0 saturated carbocycles. The number of amides is 1. The van der Waals surface area contributed by atoms with Gasteiger partial charge in [0.2, 0.25) is 0 Å². The summed E-state index contributed by atoms with van der Waals surface area (Å²) in [6.45, 7) is 6.16. The second-order valence-corrected chi connectivity index (χ2v) is 5.25. The minimum Gasteiger partial charge on any atom is -0.398 e. The minimum absolute atomic E-state index is 0.0704. The molecule has 2 rings (SSSR count). The molecule has 1 aromatic rings. The molecule has 0 aromatic heterocycles. The first-order valence-corrected chi connectivity index (χ1v) is 7.03. The molecule has 0 unspecified atom stereocenters. The van der Waals surface area contributed by atoms with Crippen molar-refractivity contribution in [3.63, 3.8) is 0 Å². The molecule has 1 heterocycles. The van der Waals surface area contributed by atoms with Crippen molar-refractivity contribution >= 4 is 11.6 Å². The van der Waals surface area contributed by atoms with E-state index < -0.39 is 0 Å². The number of carbonyl (C=O) groups is 1. The third-order valence-corrected chi connectivity index (χ3v) is 3.59. The molecule has 1 aromatic carbocycles. The van der Waals surface area contributed by atoms with Gasteiger partial charge in [-0.2, -0.15) is 0 Å². The fourth-order valence-corrected chi connectivity index (χ4v) is 2.49. The molecule has 0 atom stereocenters. The van der Waals surface area contributed by atoms with E-state index >= 15 is 0 Å². The molecule has 0 aliphatic carbocycles. The van der Waals surface area contributed by atoms with Gasteiger partial charge in [-0.3, -0.25) is 4.79 Å². The number of anilines is 1. The third-order valence-electron chi connectivity index (χ3n) is 3.59. The van der Waals surface area contributed by atoms with Crippen molar-refractivity contribution in [3.8, 4) is 0 Å². The summed E-state index contributed by atoms with van der Waals surface area (Å²) in [5.74, 6) is -0.0704.